The van der Waals surface area contributed by atoms with Crippen molar-refractivity contribution in [1.29, 1.82) is 0 Å². The van der Waals surface area contributed by atoms with Gasteiger partial charge in [-0.05, 0) is 13.0 Å². The zero-order valence-corrected chi connectivity index (χ0v) is 21.5. The number of nitrogens with zero attached hydrogens (tertiary/aromatic N) is 5. The number of amides is 1. The number of rotatable bonds is 6. The lowest BCUT2D eigenvalue weighted by Crippen LogP contribution is -2.44. The van der Waals surface area contributed by atoms with Gasteiger partial charge in [0.1, 0.15) is 29.0 Å². The second-order valence-corrected chi connectivity index (χ2v) is 9.44. The number of aromatic nitrogens is 3. The van der Waals surface area contributed by atoms with Crippen LogP contribution in [-0.4, -0.2) is 60.8 Å². The Balaban J connectivity index is 1.54. The predicted molar refractivity (Wildman–Crippen MR) is 144 cm³/mol. The first-order valence-corrected chi connectivity index (χ1v) is 12.6. The molecule has 0 unspecified atom stereocenters. The molecule has 2 aliphatic heterocycles. The van der Waals surface area contributed by atoms with E-state index in [2.05, 4.69) is 20.2 Å². The van der Waals surface area contributed by atoms with Gasteiger partial charge in [-0.25, -0.2) is 18.7 Å². The number of morpholine rings is 1. The first-order valence-electron chi connectivity index (χ1n) is 12.6. The molecule has 3 aromatic heterocycles. The lowest BCUT2D eigenvalue weighted by atomic mass is 10.0. The molecule has 39 heavy (non-hydrogen) atoms. The van der Waals surface area contributed by atoms with Crippen LogP contribution in [0.25, 0.3) is 22.0 Å². The topological polar surface area (TPSA) is 92.7 Å². The fourth-order valence-electron chi connectivity index (χ4n) is 4.91. The number of methoxy groups -OCH3 is 1. The molecule has 0 aliphatic carbocycles. The summed E-state index contributed by atoms with van der Waals surface area (Å²) in [4.78, 5) is 29.4. The SMILES string of the molecule is COc1cncc(-c2cnc(N3CCOCC3)cc2Nc2c(C)c(N3CCC3=O)nc3cc(F)cc(F)c23)c1. The molecule has 0 saturated carbocycles. The Morgan fingerprint density at radius 2 is 1.87 bits per heavy atom. The van der Waals surface area contributed by atoms with E-state index in [0.717, 1.165) is 17.4 Å². The number of hydrogen-bond acceptors (Lipinski definition) is 8. The highest BCUT2D eigenvalue weighted by Crippen LogP contribution is 2.41. The number of anilines is 4. The number of benzene rings is 1. The Morgan fingerprint density at radius 1 is 1.05 bits per heavy atom. The minimum Gasteiger partial charge on any atom is -0.495 e. The second-order valence-electron chi connectivity index (χ2n) is 9.44. The lowest BCUT2D eigenvalue weighted by molar-refractivity contribution is -0.122. The number of ether oxygens (including phenoxy) is 2. The van der Waals surface area contributed by atoms with Crippen molar-refractivity contribution < 1.29 is 23.0 Å². The predicted octanol–water partition coefficient (Wildman–Crippen LogP) is 4.60. The normalized spacial score (nSPS) is 15.4. The van der Waals surface area contributed by atoms with Gasteiger partial charge in [0.05, 0.1) is 48.8 Å². The van der Waals surface area contributed by atoms with Crippen molar-refractivity contribution in [1.82, 2.24) is 15.0 Å². The smallest absolute Gasteiger partial charge is 0.229 e. The number of nitrogens with one attached hydrogen (secondary N) is 1. The summed E-state index contributed by atoms with van der Waals surface area (Å²) in [5, 5.41) is 3.54. The molecule has 9 nitrogen and oxygen atoms in total. The third-order valence-corrected chi connectivity index (χ3v) is 7.07. The van der Waals surface area contributed by atoms with Gasteiger partial charge in [-0.15, -0.1) is 0 Å². The molecule has 4 aromatic rings. The molecule has 0 bridgehead atoms. The van der Waals surface area contributed by atoms with E-state index in [9.17, 15) is 9.18 Å². The first-order chi connectivity index (χ1) is 18.9. The Kier molecular flexibility index (Phi) is 6.43. The summed E-state index contributed by atoms with van der Waals surface area (Å²) in [6.45, 7) is 4.80. The van der Waals surface area contributed by atoms with E-state index < -0.39 is 11.6 Å². The quantitative estimate of drug-likeness (QED) is 0.360. The Morgan fingerprint density at radius 3 is 2.59 bits per heavy atom. The average Bonchev–Trinajstić information content (AvgIpc) is 2.94. The first kappa shape index (κ1) is 24.9. The summed E-state index contributed by atoms with van der Waals surface area (Å²) >= 11 is 0. The van der Waals surface area contributed by atoms with Crippen LogP contribution in [0.15, 0.2) is 42.9 Å². The van der Waals surface area contributed by atoms with Crippen molar-refractivity contribution >= 4 is 39.8 Å². The fourth-order valence-corrected chi connectivity index (χ4v) is 4.91. The maximum Gasteiger partial charge on any atom is 0.229 e. The van der Waals surface area contributed by atoms with Crippen LogP contribution in [0.5, 0.6) is 5.75 Å². The van der Waals surface area contributed by atoms with Crippen LogP contribution < -0.4 is 19.9 Å². The van der Waals surface area contributed by atoms with Crippen LogP contribution in [0.1, 0.15) is 12.0 Å². The van der Waals surface area contributed by atoms with Gasteiger partial charge in [0, 0.05) is 73.3 Å². The minimum absolute atomic E-state index is 0.0885. The highest BCUT2D eigenvalue weighted by atomic mass is 19.1. The molecular weight excluding hydrogens is 506 g/mol. The molecule has 0 atom stereocenters. The van der Waals surface area contributed by atoms with Crippen molar-refractivity contribution in [2.75, 3.05) is 55.1 Å². The summed E-state index contributed by atoms with van der Waals surface area (Å²) in [7, 11) is 1.56. The number of hydrogen-bond donors (Lipinski definition) is 1. The molecule has 11 heteroatoms. The van der Waals surface area contributed by atoms with Crippen molar-refractivity contribution in [3.63, 3.8) is 0 Å². The molecule has 0 spiro atoms. The highest BCUT2D eigenvalue weighted by molar-refractivity contribution is 6.04. The van der Waals surface area contributed by atoms with Crippen LogP contribution >= 0.6 is 0 Å². The molecule has 1 aromatic carbocycles. The molecule has 0 radical (unpaired) electrons. The monoisotopic (exact) mass is 532 g/mol. The van der Waals surface area contributed by atoms with Gasteiger partial charge in [0.25, 0.3) is 0 Å². The maximum absolute atomic E-state index is 15.3. The van der Waals surface area contributed by atoms with Gasteiger partial charge in [-0.3, -0.25) is 14.7 Å². The van der Waals surface area contributed by atoms with E-state index in [1.165, 1.54) is 11.0 Å². The number of pyridine rings is 3. The third-order valence-electron chi connectivity index (χ3n) is 7.07. The van der Waals surface area contributed by atoms with Crippen LogP contribution in [-0.2, 0) is 9.53 Å². The largest absolute Gasteiger partial charge is 0.495 e. The van der Waals surface area contributed by atoms with Crippen molar-refractivity contribution in [2.45, 2.75) is 13.3 Å². The van der Waals surface area contributed by atoms with Crippen LogP contribution in [0, 0.1) is 18.6 Å². The Hall–Kier alpha value is -4.38. The van der Waals surface area contributed by atoms with Gasteiger partial charge in [0.15, 0.2) is 0 Å². The average molecular weight is 533 g/mol. The summed E-state index contributed by atoms with van der Waals surface area (Å²) in [6.07, 6.45) is 5.43. The van der Waals surface area contributed by atoms with Gasteiger partial charge in [-0.1, -0.05) is 0 Å². The molecule has 5 heterocycles. The number of halogens is 2. The third kappa shape index (κ3) is 4.59. The zero-order valence-electron chi connectivity index (χ0n) is 21.5. The van der Waals surface area contributed by atoms with Gasteiger partial charge in [-0.2, -0.15) is 0 Å². The molecule has 1 N–H and O–H groups in total. The Bertz CT molecular complexity index is 1590. The van der Waals surface area contributed by atoms with Gasteiger partial charge in [0.2, 0.25) is 5.91 Å². The van der Waals surface area contributed by atoms with E-state index in [0.29, 0.717) is 73.3 Å². The van der Waals surface area contributed by atoms with E-state index in [4.69, 9.17) is 14.5 Å². The Labute approximate surface area is 223 Å². The number of carbonyl (C=O) groups excluding carboxylic acids is 1. The lowest BCUT2D eigenvalue weighted by Gasteiger charge is -2.32. The summed E-state index contributed by atoms with van der Waals surface area (Å²) in [5.41, 5.74) is 3.14. The second kappa shape index (κ2) is 10.1. The van der Waals surface area contributed by atoms with E-state index in [1.807, 2.05) is 12.1 Å². The molecule has 2 saturated heterocycles. The molecule has 200 valence electrons. The van der Waals surface area contributed by atoms with Crippen molar-refractivity contribution in [3.05, 3.63) is 60.1 Å². The maximum atomic E-state index is 15.3. The zero-order chi connectivity index (χ0) is 27.1. The van der Waals surface area contributed by atoms with Crippen molar-refractivity contribution in [3.8, 4) is 16.9 Å². The molecule has 2 aliphatic rings. The van der Waals surface area contributed by atoms with Crippen LogP contribution in [0.3, 0.4) is 0 Å². The standard InChI is InChI=1S/C28H26F2N6O3/c1-16-27(26-21(30)10-18(29)11-23(26)34-28(16)36-4-3-25(36)37)33-22-12-24(35-5-7-39-8-6-35)32-15-20(22)17-9-19(38-2)14-31-13-17/h9-15H,3-8H2,1-2H3,(H,32,33,34). The number of β-lactam (4-membered cyclic amide) rings is 1. The summed E-state index contributed by atoms with van der Waals surface area (Å²) in [5.74, 6) is 0.0802. The van der Waals surface area contributed by atoms with Crippen LogP contribution in [0.4, 0.5) is 31.8 Å². The fraction of sp³-hybridized carbons (Fsp3) is 0.286. The highest BCUT2D eigenvalue weighted by Gasteiger charge is 2.30. The number of fused-ring (bicyclic) bond motifs is 1. The minimum atomic E-state index is -0.753. The van der Waals surface area contributed by atoms with Crippen molar-refractivity contribution in [2.24, 2.45) is 0 Å². The van der Waals surface area contributed by atoms with E-state index >= 15 is 4.39 Å². The molecule has 2 fully saturated rings. The summed E-state index contributed by atoms with van der Waals surface area (Å²) in [6, 6.07) is 5.74. The van der Waals surface area contributed by atoms with E-state index in [1.54, 1.807) is 32.6 Å². The molecular formula is C28H26F2N6O3. The molecule has 1 amide bonds. The summed E-state index contributed by atoms with van der Waals surface area (Å²) < 4.78 is 40.4. The molecule has 6 rings (SSSR count). The number of carbonyl (C=O) groups is 1. The van der Waals surface area contributed by atoms with Gasteiger partial charge >= 0.3 is 0 Å². The van der Waals surface area contributed by atoms with Gasteiger partial charge < -0.3 is 19.7 Å². The van der Waals surface area contributed by atoms with E-state index in [-0.39, 0.29) is 16.8 Å². The van der Waals surface area contributed by atoms with Crippen LogP contribution in [0.2, 0.25) is 0 Å².